The van der Waals surface area contributed by atoms with Gasteiger partial charge < -0.3 is 10.4 Å². The molecule has 0 radical (unpaired) electrons. The topological polar surface area (TPSA) is 66.4 Å². The predicted octanol–water partition coefficient (Wildman–Crippen LogP) is 0.909. The van der Waals surface area contributed by atoms with Gasteiger partial charge >= 0.3 is 5.97 Å². The van der Waals surface area contributed by atoms with E-state index in [0.29, 0.717) is 6.54 Å². The number of carbonyl (C=O) groups excluding carboxylic acids is 1. The highest BCUT2D eigenvalue weighted by Gasteiger charge is 2.41. The van der Waals surface area contributed by atoms with E-state index in [4.69, 9.17) is 5.11 Å². The van der Waals surface area contributed by atoms with E-state index in [1.807, 2.05) is 31.2 Å². The lowest BCUT2D eigenvalue weighted by Crippen LogP contribution is -2.26. The van der Waals surface area contributed by atoms with E-state index < -0.39 is 11.9 Å². The molecule has 16 heavy (non-hydrogen) atoms. The Labute approximate surface area is 93.3 Å². The Balaban J connectivity index is 2.38. The van der Waals surface area contributed by atoms with Gasteiger partial charge in [0, 0.05) is 12.5 Å². The van der Waals surface area contributed by atoms with Crippen LogP contribution in [0.3, 0.4) is 0 Å². The van der Waals surface area contributed by atoms with Crippen molar-refractivity contribution in [3.05, 3.63) is 35.4 Å². The Morgan fingerprint density at radius 3 is 2.75 bits per heavy atom. The summed E-state index contributed by atoms with van der Waals surface area (Å²) in [5.74, 6) is -2.66. The fraction of sp³-hybridized carbons (Fsp3) is 0.333. The number of rotatable bonds is 2. The molecule has 2 rings (SSSR count). The van der Waals surface area contributed by atoms with Gasteiger partial charge in [-0.25, -0.2) is 0 Å². The average molecular weight is 219 g/mol. The van der Waals surface area contributed by atoms with Crippen LogP contribution in [0.1, 0.15) is 17.0 Å². The van der Waals surface area contributed by atoms with Gasteiger partial charge in [0.1, 0.15) is 5.92 Å². The van der Waals surface area contributed by atoms with Crippen LogP contribution in [-0.2, 0) is 9.59 Å². The molecule has 1 amide bonds. The third-order valence-electron chi connectivity index (χ3n) is 3.04. The summed E-state index contributed by atoms with van der Waals surface area (Å²) in [6, 6.07) is 7.58. The van der Waals surface area contributed by atoms with E-state index in [2.05, 4.69) is 5.32 Å². The first-order valence-corrected chi connectivity index (χ1v) is 5.17. The number of hydrogen-bond acceptors (Lipinski definition) is 2. The third-order valence-corrected chi connectivity index (χ3v) is 3.04. The molecule has 4 heteroatoms. The Morgan fingerprint density at radius 2 is 2.12 bits per heavy atom. The lowest BCUT2D eigenvalue weighted by Gasteiger charge is -2.15. The SMILES string of the molecule is Cc1ccccc1C1CNC(=O)C1C(=O)O. The fourth-order valence-electron chi connectivity index (χ4n) is 2.20. The maximum atomic E-state index is 11.4. The number of carbonyl (C=O) groups is 2. The lowest BCUT2D eigenvalue weighted by molar-refractivity contribution is -0.145. The maximum Gasteiger partial charge on any atom is 0.316 e. The minimum absolute atomic E-state index is 0.258. The van der Waals surface area contributed by atoms with Crippen LogP contribution >= 0.6 is 0 Å². The van der Waals surface area contributed by atoms with Crippen LogP contribution < -0.4 is 5.32 Å². The summed E-state index contributed by atoms with van der Waals surface area (Å²) in [6.07, 6.45) is 0. The molecule has 2 atom stereocenters. The van der Waals surface area contributed by atoms with E-state index >= 15 is 0 Å². The molecule has 1 aromatic rings. The standard InChI is InChI=1S/C12H13NO3/c1-7-4-2-3-5-8(7)9-6-13-11(14)10(9)12(15)16/h2-5,9-10H,6H2,1H3,(H,13,14)(H,15,16). The summed E-state index contributed by atoms with van der Waals surface area (Å²) in [7, 11) is 0. The van der Waals surface area contributed by atoms with Crippen LogP contribution in [0.15, 0.2) is 24.3 Å². The molecule has 0 saturated carbocycles. The van der Waals surface area contributed by atoms with Crippen molar-refractivity contribution < 1.29 is 14.7 Å². The van der Waals surface area contributed by atoms with Crippen LogP contribution in [0.2, 0.25) is 0 Å². The fourth-order valence-corrected chi connectivity index (χ4v) is 2.20. The number of aliphatic carboxylic acids is 1. The molecule has 1 aliphatic heterocycles. The molecule has 0 aromatic heterocycles. The molecule has 0 spiro atoms. The molecule has 2 unspecified atom stereocenters. The van der Waals surface area contributed by atoms with E-state index in [0.717, 1.165) is 11.1 Å². The van der Waals surface area contributed by atoms with Gasteiger partial charge in [-0.3, -0.25) is 9.59 Å². The molecule has 1 saturated heterocycles. The molecule has 1 aromatic carbocycles. The van der Waals surface area contributed by atoms with Crippen molar-refractivity contribution >= 4 is 11.9 Å². The third kappa shape index (κ3) is 1.66. The zero-order chi connectivity index (χ0) is 11.7. The molecule has 84 valence electrons. The highest BCUT2D eigenvalue weighted by Crippen LogP contribution is 2.30. The Kier molecular flexibility index (Phi) is 2.64. The molecular formula is C12H13NO3. The number of carboxylic acid groups (broad SMARTS) is 1. The number of aryl methyl sites for hydroxylation is 1. The predicted molar refractivity (Wildman–Crippen MR) is 58.1 cm³/mol. The number of carboxylic acids is 1. The first-order chi connectivity index (χ1) is 7.61. The van der Waals surface area contributed by atoms with Crippen molar-refractivity contribution in [3.8, 4) is 0 Å². The van der Waals surface area contributed by atoms with Crippen molar-refractivity contribution in [3.63, 3.8) is 0 Å². The summed E-state index contributed by atoms with van der Waals surface area (Å²) >= 11 is 0. The van der Waals surface area contributed by atoms with Gasteiger partial charge in [0.25, 0.3) is 0 Å². The summed E-state index contributed by atoms with van der Waals surface area (Å²) in [4.78, 5) is 22.5. The number of benzene rings is 1. The molecular weight excluding hydrogens is 206 g/mol. The second kappa shape index (κ2) is 3.96. The van der Waals surface area contributed by atoms with Gasteiger partial charge in [0.2, 0.25) is 5.91 Å². The largest absolute Gasteiger partial charge is 0.481 e. The second-order valence-corrected chi connectivity index (χ2v) is 4.02. The number of hydrogen-bond donors (Lipinski definition) is 2. The van der Waals surface area contributed by atoms with Crippen molar-refractivity contribution in [2.24, 2.45) is 5.92 Å². The van der Waals surface area contributed by atoms with Gasteiger partial charge in [-0.05, 0) is 18.1 Å². The molecule has 0 aliphatic carbocycles. The highest BCUT2D eigenvalue weighted by molar-refractivity contribution is 5.99. The van der Waals surface area contributed by atoms with Crippen LogP contribution in [0.25, 0.3) is 0 Å². The Morgan fingerprint density at radius 1 is 1.44 bits per heavy atom. The Bertz CT molecular complexity index is 442. The smallest absolute Gasteiger partial charge is 0.316 e. The average Bonchev–Trinajstić information content (AvgIpc) is 2.61. The normalized spacial score (nSPS) is 24.2. The summed E-state index contributed by atoms with van der Waals surface area (Å²) in [6.45, 7) is 2.33. The maximum absolute atomic E-state index is 11.4. The van der Waals surface area contributed by atoms with Crippen LogP contribution in [0.5, 0.6) is 0 Å². The van der Waals surface area contributed by atoms with Gasteiger partial charge in [-0.2, -0.15) is 0 Å². The number of nitrogens with one attached hydrogen (secondary N) is 1. The van der Waals surface area contributed by atoms with Crippen LogP contribution in [0, 0.1) is 12.8 Å². The molecule has 2 N–H and O–H groups in total. The highest BCUT2D eigenvalue weighted by atomic mass is 16.4. The summed E-state index contributed by atoms with van der Waals surface area (Å²) < 4.78 is 0. The van der Waals surface area contributed by atoms with E-state index in [9.17, 15) is 9.59 Å². The molecule has 0 bridgehead atoms. The Hall–Kier alpha value is -1.84. The van der Waals surface area contributed by atoms with Gasteiger partial charge in [-0.1, -0.05) is 24.3 Å². The van der Waals surface area contributed by atoms with E-state index in [1.54, 1.807) is 0 Å². The number of amides is 1. The molecule has 1 heterocycles. The van der Waals surface area contributed by atoms with E-state index in [-0.39, 0.29) is 11.8 Å². The van der Waals surface area contributed by atoms with Crippen LogP contribution in [-0.4, -0.2) is 23.5 Å². The molecule has 1 fully saturated rings. The van der Waals surface area contributed by atoms with Gasteiger partial charge in [-0.15, -0.1) is 0 Å². The van der Waals surface area contributed by atoms with Gasteiger partial charge in [0.15, 0.2) is 0 Å². The summed E-state index contributed by atoms with van der Waals surface area (Å²) in [5.41, 5.74) is 1.96. The first-order valence-electron chi connectivity index (χ1n) is 5.17. The monoisotopic (exact) mass is 219 g/mol. The molecule has 1 aliphatic rings. The van der Waals surface area contributed by atoms with Crippen molar-refractivity contribution in [1.29, 1.82) is 0 Å². The van der Waals surface area contributed by atoms with E-state index in [1.165, 1.54) is 0 Å². The summed E-state index contributed by atoms with van der Waals surface area (Å²) in [5, 5.41) is 11.7. The quantitative estimate of drug-likeness (QED) is 0.726. The minimum Gasteiger partial charge on any atom is -0.481 e. The van der Waals surface area contributed by atoms with Gasteiger partial charge in [0.05, 0.1) is 0 Å². The van der Waals surface area contributed by atoms with Crippen molar-refractivity contribution in [1.82, 2.24) is 5.32 Å². The second-order valence-electron chi connectivity index (χ2n) is 4.02. The van der Waals surface area contributed by atoms with Crippen LogP contribution in [0.4, 0.5) is 0 Å². The minimum atomic E-state index is -1.05. The lowest BCUT2D eigenvalue weighted by atomic mass is 9.86. The molecule has 4 nitrogen and oxygen atoms in total. The van der Waals surface area contributed by atoms with Crippen molar-refractivity contribution in [2.75, 3.05) is 6.54 Å². The van der Waals surface area contributed by atoms with Crippen molar-refractivity contribution in [2.45, 2.75) is 12.8 Å². The zero-order valence-corrected chi connectivity index (χ0v) is 8.93. The zero-order valence-electron chi connectivity index (χ0n) is 8.93. The first kappa shape index (κ1) is 10.7.